The molecule has 0 aliphatic heterocycles. The van der Waals surface area contributed by atoms with E-state index in [9.17, 15) is 0 Å². The SMILES string of the molecule is C1CCCCC1.CCCCCCCCCCCCCCCCCCCCCC. The lowest BCUT2D eigenvalue weighted by atomic mass is 10.0. The molecule has 1 aliphatic rings. The molecular formula is C28H58. The zero-order valence-electron chi connectivity index (χ0n) is 20.4. The van der Waals surface area contributed by atoms with Gasteiger partial charge in [-0.15, -0.1) is 0 Å². The quantitative estimate of drug-likeness (QED) is 0.191. The molecule has 0 N–H and O–H groups in total. The minimum atomic E-state index is 1.37. The van der Waals surface area contributed by atoms with E-state index in [1.807, 2.05) is 0 Å². The number of rotatable bonds is 19. The third-order valence-electron chi connectivity index (χ3n) is 6.46. The van der Waals surface area contributed by atoms with Crippen LogP contribution >= 0.6 is 0 Å². The summed E-state index contributed by atoms with van der Waals surface area (Å²) < 4.78 is 0. The minimum Gasteiger partial charge on any atom is -0.0654 e. The van der Waals surface area contributed by atoms with Gasteiger partial charge in [0.2, 0.25) is 0 Å². The highest BCUT2D eigenvalue weighted by Gasteiger charge is 1.96. The summed E-state index contributed by atoms with van der Waals surface area (Å²) in [6.07, 6.45) is 38.4. The Morgan fingerprint density at radius 1 is 0.250 bits per heavy atom. The Bertz CT molecular complexity index is 209. The van der Waals surface area contributed by atoms with Crippen LogP contribution in [0.2, 0.25) is 0 Å². The summed E-state index contributed by atoms with van der Waals surface area (Å²) in [6.45, 7) is 4.60. The molecule has 1 aliphatic carbocycles. The highest BCUT2D eigenvalue weighted by molar-refractivity contribution is 4.51. The smallest absolute Gasteiger partial charge is 0.0533 e. The molecule has 0 unspecified atom stereocenters. The van der Waals surface area contributed by atoms with E-state index in [1.54, 1.807) is 0 Å². The van der Waals surface area contributed by atoms with Crippen LogP contribution in [-0.2, 0) is 0 Å². The van der Waals surface area contributed by atoms with Gasteiger partial charge in [0.25, 0.3) is 0 Å². The first-order valence-electron chi connectivity index (χ1n) is 13.9. The second-order valence-electron chi connectivity index (χ2n) is 9.49. The highest BCUT2D eigenvalue weighted by Crippen LogP contribution is 2.16. The van der Waals surface area contributed by atoms with Gasteiger partial charge < -0.3 is 0 Å². The maximum Gasteiger partial charge on any atom is -0.0533 e. The highest BCUT2D eigenvalue weighted by atomic mass is 14.0. The predicted molar refractivity (Wildman–Crippen MR) is 131 cm³/mol. The van der Waals surface area contributed by atoms with E-state index >= 15 is 0 Å². The van der Waals surface area contributed by atoms with Crippen molar-refractivity contribution in [2.45, 2.75) is 181 Å². The van der Waals surface area contributed by atoms with Crippen molar-refractivity contribution in [1.82, 2.24) is 0 Å². The lowest BCUT2D eigenvalue weighted by Gasteiger charge is -2.05. The van der Waals surface area contributed by atoms with Gasteiger partial charge >= 0.3 is 0 Å². The fourth-order valence-corrected chi connectivity index (χ4v) is 4.39. The Morgan fingerprint density at radius 3 is 0.536 bits per heavy atom. The average molecular weight is 395 g/mol. The van der Waals surface area contributed by atoms with Crippen molar-refractivity contribution in [3.05, 3.63) is 0 Å². The molecule has 0 heterocycles. The fraction of sp³-hybridized carbons (Fsp3) is 1.00. The van der Waals surface area contributed by atoms with Crippen LogP contribution in [0, 0.1) is 0 Å². The van der Waals surface area contributed by atoms with Crippen LogP contribution in [-0.4, -0.2) is 0 Å². The third kappa shape index (κ3) is 26.0. The van der Waals surface area contributed by atoms with Crippen LogP contribution in [0.5, 0.6) is 0 Å². The van der Waals surface area contributed by atoms with Crippen molar-refractivity contribution in [2.75, 3.05) is 0 Å². The molecule has 1 rings (SSSR count). The first-order chi connectivity index (χ1) is 13.9. The van der Waals surface area contributed by atoms with Crippen molar-refractivity contribution in [1.29, 1.82) is 0 Å². The molecule has 0 atom stereocenters. The number of unbranched alkanes of at least 4 members (excludes halogenated alkanes) is 19. The summed E-state index contributed by atoms with van der Waals surface area (Å²) in [6, 6.07) is 0. The maximum atomic E-state index is 2.30. The predicted octanol–water partition coefficient (Wildman–Crippen LogP) is 11.2. The second-order valence-corrected chi connectivity index (χ2v) is 9.49. The molecule has 0 saturated heterocycles. The van der Waals surface area contributed by atoms with Crippen LogP contribution in [0.25, 0.3) is 0 Å². The average Bonchev–Trinajstić information content (AvgIpc) is 2.74. The third-order valence-corrected chi connectivity index (χ3v) is 6.46. The molecule has 0 bridgehead atoms. The van der Waals surface area contributed by atoms with E-state index in [-0.39, 0.29) is 0 Å². The van der Waals surface area contributed by atoms with Crippen molar-refractivity contribution >= 4 is 0 Å². The van der Waals surface area contributed by atoms with Gasteiger partial charge in [-0.3, -0.25) is 0 Å². The zero-order valence-corrected chi connectivity index (χ0v) is 20.4. The Labute approximate surface area is 181 Å². The number of hydrogen-bond acceptors (Lipinski definition) is 0. The van der Waals surface area contributed by atoms with Crippen molar-refractivity contribution in [2.24, 2.45) is 0 Å². The molecule has 0 nitrogen and oxygen atoms in total. The molecule has 1 saturated carbocycles. The van der Waals surface area contributed by atoms with E-state index in [0.717, 1.165) is 0 Å². The Kier molecular flexibility index (Phi) is 27.0. The topological polar surface area (TPSA) is 0 Å². The second kappa shape index (κ2) is 27.0. The molecule has 0 aromatic rings. The lowest BCUT2D eigenvalue weighted by molar-refractivity contribution is 0.504. The minimum absolute atomic E-state index is 1.37. The van der Waals surface area contributed by atoms with Gasteiger partial charge in [0.1, 0.15) is 0 Å². The molecule has 1 fully saturated rings. The monoisotopic (exact) mass is 394 g/mol. The normalized spacial score (nSPS) is 13.9. The zero-order chi connectivity index (χ0) is 20.4. The van der Waals surface area contributed by atoms with Gasteiger partial charge in [-0.2, -0.15) is 0 Å². The van der Waals surface area contributed by atoms with E-state index < -0.39 is 0 Å². The van der Waals surface area contributed by atoms with Crippen LogP contribution < -0.4 is 0 Å². The molecule has 170 valence electrons. The maximum absolute atomic E-state index is 2.30. The molecule has 0 aromatic heterocycles. The summed E-state index contributed by atoms with van der Waals surface area (Å²) in [7, 11) is 0. The van der Waals surface area contributed by atoms with Crippen LogP contribution in [0.3, 0.4) is 0 Å². The Morgan fingerprint density at radius 2 is 0.393 bits per heavy atom. The Balaban J connectivity index is 0.00000102. The van der Waals surface area contributed by atoms with Gasteiger partial charge in [-0.1, -0.05) is 181 Å². The fourth-order valence-electron chi connectivity index (χ4n) is 4.39. The summed E-state index contributed by atoms with van der Waals surface area (Å²) in [5.41, 5.74) is 0. The summed E-state index contributed by atoms with van der Waals surface area (Å²) >= 11 is 0. The van der Waals surface area contributed by atoms with Crippen molar-refractivity contribution in [3.63, 3.8) is 0 Å². The van der Waals surface area contributed by atoms with E-state index in [2.05, 4.69) is 13.8 Å². The van der Waals surface area contributed by atoms with Crippen LogP contribution in [0.4, 0.5) is 0 Å². The summed E-state index contributed by atoms with van der Waals surface area (Å²) in [5, 5.41) is 0. The molecule has 0 radical (unpaired) electrons. The largest absolute Gasteiger partial charge is 0.0654 e. The Hall–Kier alpha value is 0. The standard InChI is InChI=1S/C22H46.C6H12/c1-3-5-7-9-11-13-15-17-19-21-22-20-18-16-14-12-10-8-6-4-2;1-2-4-6-5-3-1/h3-22H2,1-2H3;1-6H2. The molecular weight excluding hydrogens is 336 g/mol. The van der Waals surface area contributed by atoms with E-state index in [4.69, 9.17) is 0 Å². The van der Waals surface area contributed by atoms with Crippen molar-refractivity contribution in [3.8, 4) is 0 Å². The van der Waals surface area contributed by atoms with Crippen LogP contribution in [0.15, 0.2) is 0 Å². The molecule has 28 heavy (non-hydrogen) atoms. The lowest BCUT2D eigenvalue weighted by Crippen LogP contribution is -1.85. The number of hydrogen-bond donors (Lipinski definition) is 0. The van der Waals surface area contributed by atoms with Gasteiger partial charge in [-0.25, -0.2) is 0 Å². The van der Waals surface area contributed by atoms with E-state index in [1.165, 1.54) is 167 Å². The summed E-state index contributed by atoms with van der Waals surface area (Å²) in [5.74, 6) is 0. The first kappa shape index (κ1) is 28.0. The van der Waals surface area contributed by atoms with Crippen LogP contribution in [0.1, 0.15) is 181 Å². The molecule has 0 heteroatoms. The first-order valence-corrected chi connectivity index (χ1v) is 13.9. The molecule has 0 aromatic carbocycles. The van der Waals surface area contributed by atoms with Gasteiger partial charge in [0.05, 0.1) is 0 Å². The summed E-state index contributed by atoms with van der Waals surface area (Å²) in [4.78, 5) is 0. The van der Waals surface area contributed by atoms with Gasteiger partial charge in [0, 0.05) is 0 Å². The van der Waals surface area contributed by atoms with Gasteiger partial charge in [-0.05, 0) is 0 Å². The molecule has 0 spiro atoms. The van der Waals surface area contributed by atoms with Crippen molar-refractivity contribution < 1.29 is 0 Å². The molecule has 0 amide bonds. The van der Waals surface area contributed by atoms with Gasteiger partial charge in [0.15, 0.2) is 0 Å². The van der Waals surface area contributed by atoms with E-state index in [0.29, 0.717) is 0 Å².